The lowest BCUT2D eigenvalue weighted by Gasteiger charge is -2.02. The van der Waals surface area contributed by atoms with Crippen LogP contribution in [0.1, 0.15) is 0 Å². The lowest BCUT2D eigenvalue weighted by atomic mass is 10.3. The van der Waals surface area contributed by atoms with Crippen LogP contribution in [0.15, 0.2) is 34.6 Å². The molecule has 0 aliphatic rings. The van der Waals surface area contributed by atoms with Crippen LogP contribution in [-0.4, -0.2) is 19.8 Å². The molecular weight excluding hydrogens is 266 g/mol. The molecule has 1 aromatic carbocycles. The summed E-state index contributed by atoms with van der Waals surface area (Å²) in [6, 6.07) is 4.38. The van der Waals surface area contributed by atoms with Gasteiger partial charge in [0.2, 0.25) is 5.16 Å². The van der Waals surface area contributed by atoms with E-state index in [2.05, 4.69) is 10.2 Å². The highest BCUT2D eigenvalue weighted by molar-refractivity contribution is 7.99. The molecule has 17 heavy (non-hydrogen) atoms. The van der Waals surface area contributed by atoms with E-state index in [1.807, 2.05) is 0 Å². The van der Waals surface area contributed by atoms with Crippen molar-refractivity contribution in [2.24, 2.45) is 0 Å². The number of halogens is 1. The van der Waals surface area contributed by atoms with Gasteiger partial charge in [-0.1, -0.05) is 11.6 Å². The molecule has 9 heteroatoms. The molecule has 0 unspecified atom stereocenters. The lowest BCUT2D eigenvalue weighted by molar-refractivity contribution is -0.387. The number of nitro benzene ring substituents is 1. The zero-order valence-electron chi connectivity index (χ0n) is 8.28. The molecule has 0 radical (unpaired) electrons. The SMILES string of the molecule is Nn1cnnc1Sc1ccc(Cl)cc1[N+](=O)[O-]. The number of nitrogens with zero attached hydrogens (tertiary/aromatic N) is 4. The van der Waals surface area contributed by atoms with Gasteiger partial charge in [0.1, 0.15) is 6.33 Å². The van der Waals surface area contributed by atoms with Crippen LogP contribution in [0, 0.1) is 10.1 Å². The number of hydrogen-bond acceptors (Lipinski definition) is 6. The molecule has 0 aliphatic heterocycles. The van der Waals surface area contributed by atoms with Crippen molar-refractivity contribution in [2.45, 2.75) is 10.1 Å². The van der Waals surface area contributed by atoms with Crippen molar-refractivity contribution in [3.63, 3.8) is 0 Å². The molecule has 0 spiro atoms. The van der Waals surface area contributed by atoms with Crippen LogP contribution in [0.3, 0.4) is 0 Å². The molecule has 0 amide bonds. The highest BCUT2D eigenvalue weighted by Gasteiger charge is 2.17. The molecule has 1 aromatic heterocycles. The Hall–Kier alpha value is -1.80. The quantitative estimate of drug-likeness (QED) is 0.518. The number of hydrogen-bond donors (Lipinski definition) is 1. The maximum absolute atomic E-state index is 10.8. The first-order chi connectivity index (χ1) is 8.08. The first-order valence-corrected chi connectivity index (χ1v) is 5.54. The Kier molecular flexibility index (Phi) is 3.16. The fourth-order valence-electron chi connectivity index (χ4n) is 1.12. The Bertz CT molecular complexity index is 573. The van der Waals surface area contributed by atoms with Crippen LogP contribution in [0.5, 0.6) is 0 Å². The summed E-state index contributed by atoms with van der Waals surface area (Å²) < 4.78 is 1.18. The Morgan fingerprint density at radius 2 is 2.29 bits per heavy atom. The zero-order chi connectivity index (χ0) is 12.4. The Morgan fingerprint density at radius 1 is 1.53 bits per heavy atom. The Morgan fingerprint density at radius 3 is 2.88 bits per heavy atom. The number of rotatable bonds is 3. The molecule has 0 aliphatic carbocycles. The van der Waals surface area contributed by atoms with E-state index in [9.17, 15) is 10.1 Å². The molecule has 2 N–H and O–H groups in total. The molecule has 88 valence electrons. The normalized spacial score (nSPS) is 10.4. The molecular formula is C8H6ClN5O2S. The first-order valence-electron chi connectivity index (χ1n) is 4.35. The molecule has 2 rings (SSSR count). The van der Waals surface area contributed by atoms with Gasteiger partial charge in [0.25, 0.3) is 5.69 Å². The predicted molar refractivity (Wildman–Crippen MR) is 62.4 cm³/mol. The van der Waals surface area contributed by atoms with Crippen LogP contribution in [-0.2, 0) is 0 Å². The number of nitrogen functional groups attached to an aromatic ring is 1. The van der Waals surface area contributed by atoms with Crippen LogP contribution in [0.2, 0.25) is 5.02 Å². The standard InChI is InChI=1S/C8H6ClN5O2S/c9-5-1-2-7(6(3-5)14(15)16)17-8-12-11-4-13(8)10/h1-4H,10H2. The third kappa shape index (κ3) is 2.48. The summed E-state index contributed by atoms with van der Waals surface area (Å²) in [6.07, 6.45) is 1.31. The van der Waals surface area contributed by atoms with Gasteiger partial charge in [0, 0.05) is 11.1 Å². The molecule has 0 saturated heterocycles. The molecule has 0 bridgehead atoms. The topological polar surface area (TPSA) is 99.9 Å². The fourth-order valence-corrected chi connectivity index (χ4v) is 2.10. The summed E-state index contributed by atoms with van der Waals surface area (Å²) in [5.41, 5.74) is -0.0921. The van der Waals surface area contributed by atoms with Gasteiger partial charge in [-0.2, -0.15) is 0 Å². The predicted octanol–water partition coefficient (Wildman–Crippen LogP) is 1.70. The average molecular weight is 272 g/mol. The third-order valence-electron chi connectivity index (χ3n) is 1.86. The van der Waals surface area contributed by atoms with Gasteiger partial charge in [0.15, 0.2) is 0 Å². The number of benzene rings is 1. The van der Waals surface area contributed by atoms with Crippen molar-refractivity contribution in [1.29, 1.82) is 0 Å². The highest BCUT2D eigenvalue weighted by Crippen LogP contribution is 2.34. The van der Waals surface area contributed by atoms with Crippen LogP contribution in [0.4, 0.5) is 5.69 Å². The highest BCUT2D eigenvalue weighted by atomic mass is 35.5. The van der Waals surface area contributed by atoms with Gasteiger partial charge in [-0.25, -0.2) is 4.68 Å². The zero-order valence-corrected chi connectivity index (χ0v) is 9.85. The van der Waals surface area contributed by atoms with Crippen molar-refractivity contribution < 1.29 is 4.92 Å². The van der Waals surface area contributed by atoms with Crippen LogP contribution in [0.25, 0.3) is 0 Å². The van der Waals surface area contributed by atoms with E-state index in [0.717, 1.165) is 11.8 Å². The van der Waals surface area contributed by atoms with Crippen molar-refractivity contribution >= 4 is 29.1 Å². The Balaban J connectivity index is 2.39. The molecule has 0 fully saturated rings. The monoisotopic (exact) mass is 271 g/mol. The minimum atomic E-state index is -0.508. The summed E-state index contributed by atoms with van der Waals surface area (Å²) in [4.78, 5) is 10.7. The second-order valence-corrected chi connectivity index (χ2v) is 4.44. The van der Waals surface area contributed by atoms with E-state index < -0.39 is 4.92 Å². The summed E-state index contributed by atoms with van der Waals surface area (Å²) in [6.45, 7) is 0. The van der Waals surface area contributed by atoms with E-state index in [0.29, 0.717) is 15.1 Å². The number of nitro groups is 1. The second-order valence-electron chi connectivity index (χ2n) is 2.99. The molecule has 1 heterocycles. The second kappa shape index (κ2) is 4.60. The van der Waals surface area contributed by atoms with E-state index >= 15 is 0 Å². The summed E-state index contributed by atoms with van der Waals surface area (Å²) >= 11 is 6.75. The van der Waals surface area contributed by atoms with Gasteiger partial charge < -0.3 is 5.84 Å². The molecule has 7 nitrogen and oxygen atoms in total. The van der Waals surface area contributed by atoms with Crippen molar-refractivity contribution in [2.75, 3.05) is 5.84 Å². The average Bonchev–Trinajstić information content (AvgIpc) is 2.67. The van der Waals surface area contributed by atoms with Crippen molar-refractivity contribution in [1.82, 2.24) is 14.9 Å². The smallest absolute Gasteiger partial charge is 0.284 e. The maximum Gasteiger partial charge on any atom is 0.284 e. The Labute approximate surface area is 105 Å². The summed E-state index contributed by atoms with van der Waals surface area (Å²) in [5.74, 6) is 5.52. The van der Waals surface area contributed by atoms with Crippen molar-refractivity contribution in [3.8, 4) is 0 Å². The van der Waals surface area contributed by atoms with Gasteiger partial charge in [0.05, 0.1) is 9.82 Å². The maximum atomic E-state index is 10.8. The lowest BCUT2D eigenvalue weighted by Crippen LogP contribution is -2.07. The first kappa shape index (κ1) is 11.7. The largest absolute Gasteiger partial charge is 0.336 e. The third-order valence-corrected chi connectivity index (χ3v) is 3.13. The minimum absolute atomic E-state index is 0.0921. The molecule has 0 saturated carbocycles. The van der Waals surface area contributed by atoms with Gasteiger partial charge in [-0.05, 0) is 23.9 Å². The fraction of sp³-hybridized carbons (Fsp3) is 0. The molecule has 2 aromatic rings. The molecule has 0 atom stereocenters. The number of nitrogens with two attached hydrogens (primary N) is 1. The summed E-state index contributed by atoms with van der Waals surface area (Å²) in [5, 5.41) is 18.8. The van der Waals surface area contributed by atoms with E-state index in [1.165, 1.54) is 17.1 Å². The van der Waals surface area contributed by atoms with Gasteiger partial charge >= 0.3 is 0 Å². The van der Waals surface area contributed by atoms with Crippen LogP contribution < -0.4 is 5.84 Å². The van der Waals surface area contributed by atoms with Crippen molar-refractivity contribution in [3.05, 3.63) is 39.7 Å². The number of aromatic nitrogens is 3. The summed E-state index contributed by atoms with van der Waals surface area (Å²) in [7, 11) is 0. The van der Waals surface area contributed by atoms with E-state index in [4.69, 9.17) is 17.4 Å². The van der Waals surface area contributed by atoms with Crippen LogP contribution >= 0.6 is 23.4 Å². The van der Waals surface area contributed by atoms with E-state index in [-0.39, 0.29) is 5.69 Å². The van der Waals surface area contributed by atoms with E-state index in [1.54, 1.807) is 12.1 Å². The minimum Gasteiger partial charge on any atom is -0.336 e. The van der Waals surface area contributed by atoms with Gasteiger partial charge in [-0.15, -0.1) is 10.2 Å². The van der Waals surface area contributed by atoms with Gasteiger partial charge in [-0.3, -0.25) is 10.1 Å².